The lowest BCUT2D eigenvalue weighted by Crippen LogP contribution is -2.46. The Labute approximate surface area is 123 Å². The average molecular weight is 290 g/mol. The minimum absolute atomic E-state index is 0.0150. The number of methoxy groups -OCH3 is 1. The van der Waals surface area contributed by atoms with Crippen molar-refractivity contribution in [3.63, 3.8) is 0 Å². The maximum Gasteiger partial charge on any atom is 0.310 e. The number of hydrogen-bond donors (Lipinski definition) is 2. The van der Waals surface area contributed by atoms with Gasteiger partial charge < -0.3 is 15.8 Å². The summed E-state index contributed by atoms with van der Waals surface area (Å²) in [4.78, 5) is 34.4. The smallest absolute Gasteiger partial charge is 0.310 e. The predicted octanol–water partition coefficient (Wildman–Crippen LogP) is 0.318. The van der Waals surface area contributed by atoms with Crippen molar-refractivity contribution < 1.29 is 19.1 Å². The van der Waals surface area contributed by atoms with Crippen LogP contribution >= 0.6 is 0 Å². The Hall–Kier alpha value is -2.63. The highest BCUT2D eigenvalue weighted by molar-refractivity contribution is 5.99. The van der Waals surface area contributed by atoms with Gasteiger partial charge in [-0.15, -0.1) is 0 Å². The summed E-state index contributed by atoms with van der Waals surface area (Å²) in [7, 11) is 1.22. The van der Waals surface area contributed by atoms with E-state index in [2.05, 4.69) is 16.6 Å². The van der Waals surface area contributed by atoms with Gasteiger partial charge in [0.15, 0.2) is 0 Å². The van der Waals surface area contributed by atoms with Crippen molar-refractivity contribution in [2.45, 2.75) is 18.9 Å². The number of carbonyl (C=O) groups excluding carboxylic acids is 3. The normalized spacial score (nSPS) is 11.3. The molecule has 1 rings (SSSR count). The van der Waals surface area contributed by atoms with Gasteiger partial charge in [0, 0.05) is 12.0 Å². The largest absolute Gasteiger partial charge is 0.469 e. The van der Waals surface area contributed by atoms with Crippen LogP contribution in [0.1, 0.15) is 12.0 Å². The second kappa shape index (κ2) is 7.84. The third kappa shape index (κ3) is 5.48. The Bertz CT molecular complexity index is 540. The van der Waals surface area contributed by atoms with Crippen molar-refractivity contribution in [2.75, 3.05) is 7.11 Å². The number of esters is 1. The van der Waals surface area contributed by atoms with Gasteiger partial charge in [-0.05, 0) is 5.56 Å². The molecule has 2 amide bonds. The van der Waals surface area contributed by atoms with Gasteiger partial charge in [-0.1, -0.05) is 36.9 Å². The van der Waals surface area contributed by atoms with Gasteiger partial charge in [-0.3, -0.25) is 14.4 Å². The Morgan fingerprint density at radius 2 is 1.90 bits per heavy atom. The molecule has 0 aliphatic heterocycles. The van der Waals surface area contributed by atoms with Crippen LogP contribution in [0.2, 0.25) is 0 Å². The highest BCUT2D eigenvalue weighted by Crippen LogP contribution is 2.05. The average Bonchev–Trinajstić information content (AvgIpc) is 2.47. The van der Waals surface area contributed by atoms with E-state index >= 15 is 0 Å². The van der Waals surface area contributed by atoms with Crippen LogP contribution in [0.5, 0.6) is 0 Å². The lowest BCUT2D eigenvalue weighted by Gasteiger charge is -2.16. The number of hydrogen-bond acceptors (Lipinski definition) is 4. The zero-order chi connectivity index (χ0) is 15.8. The van der Waals surface area contributed by atoms with Gasteiger partial charge >= 0.3 is 5.97 Å². The topological polar surface area (TPSA) is 98.5 Å². The van der Waals surface area contributed by atoms with Crippen molar-refractivity contribution in [1.29, 1.82) is 0 Å². The first kappa shape index (κ1) is 16.4. The van der Waals surface area contributed by atoms with Crippen LogP contribution in [0.3, 0.4) is 0 Å². The quantitative estimate of drug-likeness (QED) is 0.558. The third-order valence-corrected chi connectivity index (χ3v) is 2.84. The fraction of sp³-hybridized carbons (Fsp3) is 0.267. The third-order valence-electron chi connectivity index (χ3n) is 2.84. The van der Waals surface area contributed by atoms with Gasteiger partial charge in [0.2, 0.25) is 11.8 Å². The Balaban J connectivity index is 2.66. The minimum atomic E-state index is -0.866. The van der Waals surface area contributed by atoms with Crippen molar-refractivity contribution in [3.8, 4) is 0 Å². The first-order chi connectivity index (χ1) is 9.93. The molecule has 0 saturated heterocycles. The van der Waals surface area contributed by atoms with E-state index in [0.717, 1.165) is 5.56 Å². The molecule has 6 nitrogen and oxygen atoms in total. The number of nitrogens with one attached hydrogen (secondary N) is 1. The molecule has 112 valence electrons. The summed E-state index contributed by atoms with van der Waals surface area (Å²) in [5.41, 5.74) is 6.16. The highest BCUT2D eigenvalue weighted by Gasteiger charge is 2.21. The summed E-state index contributed by atoms with van der Waals surface area (Å²) >= 11 is 0. The van der Waals surface area contributed by atoms with Crippen molar-refractivity contribution >= 4 is 17.8 Å². The highest BCUT2D eigenvalue weighted by atomic mass is 16.5. The van der Waals surface area contributed by atoms with Crippen LogP contribution in [0, 0.1) is 0 Å². The summed E-state index contributed by atoms with van der Waals surface area (Å²) < 4.78 is 4.45. The lowest BCUT2D eigenvalue weighted by molar-refractivity contribution is -0.140. The van der Waals surface area contributed by atoms with E-state index in [1.54, 1.807) is 0 Å². The summed E-state index contributed by atoms with van der Waals surface area (Å²) in [6, 6.07) is 8.28. The molecule has 0 heterocycles. The lowest BCUT2D eigenvalue weighted by atomic mass is 10.0. The molecule has 0 aromatic heterocycles. The van der Waals surface area contributed by atoms with Gasteiger partial charge in [0.1, 0.15) is 6.04 Å². The summed E-state index contributed by atoms with van der Waals surface area (Å²) in [6.07, 6.45) is 0.0343. The standard InChI is InChI=1S/C15H18N2O4/c1-10(8-13(18)21-2)15(20)17-12(14(16)19)9-11-6-4-3-5-7-11/h3-7,12H,1,8-9H2,2H3,(H2,16,19)(H,17,20)/t12-/m0/s1. The van der Waals surface area contributed by atoms with Crippen LogP contribution in [0.4, 0.5) is 0 Å². The number of nitrogens with two attached hydrogens (primary N) is 1. The zero-order valence-electron chi connectivity index (χ0n) is 11.8. The number of amides is 2. The summed E-state index contributed by atoms with van der Waals surface area (Å²) in [6.45, 7) is 3.50. The van der Waals surface area contributed by atoms with E-state index in [1.165, 1.54) is 7.11 Å². The molecule has 1 atom stereocenters. The van der Waals surface area contributed by atoms with E-state index < -0.39 is 23.8 Å². The predicted molar refractivity (Wildman–Crippen MR) is 77.0 cm³/mol. The maximum atomic E-state index is 11.9. The Morgan fingerprint density at radius 1 is 1.29 bits per heavy atom. The molecule has 21 heavy (non-hydrogen) atoms. The molecule has 0 fully saturated rings. The van der Waals surface area contributed by atoms with E-state index in [1.807, 2.05) is 30.3 Å². The molecule has 1 aromatic rings. The van der Waals surface area contributed by atoms with E-state index in [9.17, 15) is 14.4 Å². The second-order valence-corrected chi connectivity index (χ2v) is 4.47. The number of rotatable bonds is 7. The Kier molecular flexibility index (Phi) is 6.13. The van der Waals surface area contributed by atoms with Gasteiger partial charge in [-0.2, -0.15) is 0 Å². The minimum Gasteiger partial charge on any atom is -0.469 e. The molecule has 0 unspecified atom stereocenters. The number of primary amides is 1. The molecule has 0 radical (unpaired) electrons. The molecular weight excluding hydrogens is 272 g/mol. The molecule has 6 heteroatoms. The zero-order valence-corrected chi connectivity index (χ0v) is 11.8. The van der Waals surface area contributed by atoms with Gasteiger partial charge in [0.25, 0.3) is 0 Å². The molecule has 0 spiro atoms. The van der Waals surface area contributed by atoms with Crippen LogP contribution in [0.25, 0.3) is 0 Å². The van der Waals surface area contributed by atoms with E-state index in [0.29, 0.717) is 0 Å². The first-order valence-corrected chi connectivity index (χ1v) is 6.32. The number of carbonyl (C=O) groups is 3. The molecule has 0 saturated carbocycles. The van der Waals surface area contributed by atoms with Gasteiger partial charge in [-0.25, -0.2) is 0 Å². The molecule has 0 aliphatic rings. The molecule has 0 aliphatic carbocycles. The number of benzene rings is 1. The van der Waals surface area contributed by atoms with Gasteiger partial charge in [0.05, 0.1) is 13.5 Å². The monoisotopic (exact) mass is 290 g/mol. The van der Waals surface area contributed by atoms with Crippen LogP contribution in [0.15, 0.2) is 42.5 Å². The van der Waals surface area contributed by atoms with E-state index in [4.69, 9.17) is 5.73 Å². The maximum absolute atomic E-state index is 11.9. The molecule has 0 bridgehead atoms. The molecular formula is C15H18N2O4. The Morgan fingerprint density at radius 3 is 2.43 bits per heavy atom. The van der Waals surface area contributed by atoms with E-state index in [-0.39, 0.29) is 18.4 Å². The fourth-order valence-corrected chi connectivity index (χ4v) is 1.66. The number of ether oxygens (including phenoxy) is 1. The second-order valence-electron chi connectivity index (χ2n) is 4.47. The molecule has 3 N–H and O–H groups in total. The summed E-state index contributed by atoms with van der Waals surface area (Å²) in [5.74, 6) is -1.83. The summed E-state index contributed by atoms with van der Waals surface area (Å²) in [5, 5.41) is 2.47. The van der Waals surface area contributed by atoms with Crippen LogP contribution in [-0.2, 0) is 25.5 Å². The first-order valence-electron chi connectivity index (χ1n) is 6.32. The van der Waals surface area contributed by atoms with Crippen molar-refractivity contribution in [3.05, 3.63) is 48.0 Å². The molecule has 1 aromatic carbocycles. The van der Waals surface area contributed by atoms with Crippen LogP contribution < -0.4 is 11.1 Å². The van der Waals surface area contributed by atoms with Crippen molar-refractivity contribution in [1.82, 2.24) is 5.32 Å². The fourth-order valence-electron chi connectivity index (χ4n) is 1.66. The van der Waals surface area contributed by atoms with Crippen LogP contribution in [-0.4, -0.2) is 30.9 Å². The van der Waals surface area contributed by atoms with Crippen molar-refractivity contribution in [2.24, 2.45) is 5.73 Å². The SMILES string of the molecule is C=C(CC(=O)OC)C(=O)N[C@@H](Cc1ccccc1)C(N)=O.